The molecular formula is C25H23N5OS. The second-order valence-electron chi connectivity index (χ2n) is 7.41. The third-order valence-electron chi connectivity index (χ3n) is 5.50. The van der Waals surface area contributed by atoms with E-state index in [0.29, 0.717) is 11.7 Å². The summed E-state index contributed by atoms with van der Waals surface area (Å²) in [5, 5.41) is 4.16. The monoisotopic (exact) mass is 441 g/mol. The lowest BCUT2D eigenvalue weighted by atomic mass is 10.0. The summed E-state index contributed by atoms with van der Waals surface area (Å²) in [4.78, 5) is 11.3. The van der Waals surface area contributed by atoms with Gasteiger partial charge in [0.25, 0.3) is 0 Å². The second-order valence-corrected chi connectivity index (χ2v) is 7.80. The van der Waals surface area contributed by atoms with Crippen LogP contribution in [0, 0.1) is 0 Å². The number of nitrogens with zero attached hydrogens (tertiary/aromatic N) is 4. The van der Waals surface area contributed by atoms with Crippen molar-refractivity contribution in [1.82, 2.24) is 19.9 Å². The van der Waals surface area contributed by atoms with Gasteiger partial charge in [0.05, 0.1) is 18.3 Å². The van der Waals surface area contributed by atoms with E-state index in [1.54, 1.807) is 6.20 Å². The Hall–Kier alpha value is -3.71. The molecule has 5 rings (SSSR count). The summed E-state index contributed by atoms with van der Waals surface area (Å²) in [5.41, 5.74) is 2.99. The predicted molar refractivity (Wildman–Crippen MR) is 129 cm³/mol. The number of anilines is 1. The van der Waals surface area contributed by atoms with E-state index in [1.807, 2.05) is 86.0 Å². The molecule has 6 nitrogen and oxygen atoms in total. The highest BCUT2D eigenvalue weighted by atomic mass is 32.1. The number of rotatable bonds is 6. The molecule has 0 saturated carbocycles. The highest BCUT2D eigenvalue weighted by molar-refractivity contribution is 7.80. The van der Waals surface area contributed by atoms with Crippen molar-refractivity contribution in [3.8, 4) is 11.6 Å². The maximum atomic E-state index is 5.83. The molecule has 3 aromatic heterocycles. The molecule has 7 heteroatoms. The first kappa shape index (κ1) is 20.2. The lowest BCUT2D eigenvalue weighted by Gasteiger charge is -2.29. The highest BCUT2D eigenvalue weighted by Gasteiger charge is 2.42. The van der Waals surface area contributed by atoms with Gasteiger partial charge in [0.2, 0.25) is 0 Å². The van der Waals surface area contributed by atoms with Gasteiger partial charge in [-0.15, -0.1) is 0 Å². The fourth-order valence-electron chi connectivity index (χ4n) is 4.14. The largest absolute Gasteiger partial charge is 0.494 e. The summed E-state index contributed by atoms with van der Waals surface area (Å²) in [6.45, 7) is 2.61. The number of nitrogens with one attached hydrogen (secondary N) is 1. The molecule has 1 aliphatic rings. The number of ether oxygens (including phenoxy) is 1. The molecule has 1 aromatic carbocycles. The minimum Gasteiger partial charge on any atom is -0.494 e. The molecule has 2 atom stereocenters. The molecular weight excluding hydrogens is 418 g/mol. The van der Waals surface area contributed by atoms with Gasteiger partial charge in [0.15, 0.2) is 5.11 Å². The molecule has 160 valence electrons. The lowest BCUT2D eigenvalue weighted by Crippen LogP contribution is -2.30. The van der Waals surface area contributed by atoms with Crippen LogP contribution in [0.1, 0.15) is 30.4 Å². The van der Waals surface area contributed by atoms with Crippen molar-refractivity contribution in [2.45, 2.75) is 19.0 Å². The zero-order valence-corrected chi connectivity index (χ0v) is 18.4. The van der Waals surface area contributed by atoms with Crippen LogP contribution in [0.3, 0.4) is 0 Å². The molecule has 0 bridgehead atoms. The minimum absolute atomic E-state index is 0.118. The van der Waals surface area contributed by atoms with E-state index in [2.05, 4.69) is 30.8 Å². The van der Waals surface area contributed by atoms with Crippen LogP contribution in [0.2, 0.25) is 0 Å². The van der Waals surface area contributed by atoms with E-state index in [1.165, 1.54) is 0 Å². The summed E-state index contributed by atoms with van der Waals surface area (Å²) in [7, 11) is 0. The van der Waals surface area contributed by atoms with Crippen molar-refractivity contribution >= 4 is 23.0 Å². The van der Waals surface area contributed by atoms with Gasteiger partial charge < -0.3 is 19.5 Å². The first-order chi connectivity index (χ1) is 15.8. The van der Waals surface area contributed by atoms with Crippen LogP contribution >= 0.6 is 12.2 Å². The zero-order chi connectivity index (χ0) is 21.9. The van der Waals surface area contributed by atoms with Crippen molar-refractivity contribution in [2.75, 3.05) is 11.5 Å². The normalized spacial score (nSPS) is 17.9. The molecule has 32 heavy (non-hydrogen) atoms. The van der Waals surface area contributed by atoms with Crippen molar-refractivity contribution in [3.05, 3.63) is 103 Å². The SMILES string of the molecule is CCOc1ccc(N2C(=S)N[C@H](c3ccccn3)[C@H]2c2cccn2-c2ccccn2)cc1. The van der Waals surface area contributed by atoms with Gasteiger partial charge in [-0.1, -0.05) is 12.1 Å². The number of thiocarbonyl (C=S) groups is 1. The van der Waals surface area contributed by atoms with Crippen molar-refractivity contribution < 1.29 is 4.74 Å². The van der Waals surface area contributed by atoms with Crippen molar-refractivity contribution in [3.63, 3.8) is 0 Å². The number of hydrogen-bond acceptors (Lipinski definition) is 4. The molecule has 1 aliphatic heterocycles. The Labute approximate surface area is 192 Å². The van der Waals surface area contributed by atoms with E-state index >= 15 is 0 Å². The fourth-order valence-corrected chi connectivity index (χ4v) is 4.49. The van der Waals surface area contributed by atoms with Gasteiger partial charge in [-0.3, -0.25) is 4.98 Å². The third kappa shape index (κ3) is 3.71. The van der Waals surface area contributed by atoms with Gasteiger partial charge in [-0.05, 0) is 79.8 Å². The van der Waals surface area contributed by atoms with E-state index in [9.17, 15) is 0 Å². The summed E-state index contributed by atoms with van der Waals surface area (Å²) >= 11 is 5.83. The number of pyridine rings is 2. The molecule has 0 spiro atoms. The molecule has 1 saturated heterocycles. The Bertz CT molecular complexity index is 1190. The Morgan fingerprint density at radius 3 is 2.41 bits per heavy atom. The van der Waals surface area contributed by atoms with Crippen LogP contribution in [0.25, 0.3) is 5.82 Å². The first-order valence-corrected chi connectivity index (χ1v) is 11.0. The average Bonchev–Trinajstić information content (AvgIpc) is 3.45. The number of aromatic nitrogens is 3. The van der Waals surface area contributed by atoms with E-state index in [-0.39, 0.29) is 12.1 Å². The Balaban J connectivity index is 1.62. The smallest absolute Gasteiger partial charge is 0.174 e. The van der Waals surface area contributed by atoms with Crippen molar-refractivity contribution in [2.24, 2.45) is 0 Å². The standard InChI is InChI=1S/C25H23N5OS/c1-2-31-19-13-11-18(12-14-19)30-24(23(28-25(30)32)20-8-3-5-15-26-20)21-9-7-17-29(21)22-10-4-6-16-27-22/h3-17,23-24H,2H2,1H3,(H,28,32)/t23-,24-/m1/s1. The molecule has 0 aliphatic carbocycles. The van der Waals surface area contributed by atoms with Crippen LogP contribution in [0.15, 0.2) is 91.4 Å². The van der Waals surface area contributed by atoms with Crippen LogP contribution in [-0.4, -0.2) is 26.3 Å². The van der Waals surface area contributed by atoms with Gasteiger partial charge in [-0.2, -0.15) is 0 Å². The predicted octanol–water partition coefficient (Wildman–Crippen LogP) is 4.84. The number of benzene rings is 1. The molecule has 4 aromatic rings. The molecule has 0 amide bonds. The molecule has 0 unspecified atom stereocenters. The second kappa shape index (κ2) is 8.80. The third-order valence-corrected chi connectivity index (χ3v) is 5.82. The average molecular weight is 442 g/mol. The summed E-state index contributed by atoms with van der Waals surface area (Å²) < 4.78 is 7.74. The van der Waals surface area contributed by atoms with E-state index < -0.39 is 0 Å². The maximum Gasteiger partial charge on any atom is 0.174 e. The summed E-state index contributed by atoms with van der Waals surface area (Å²) in [5.74, 6) is 1.70. The van der Waals surface area contributed by atoms with Crippen LogP contribution in [0.5, 0.6) is 5.75 Å². The quantitative estimate of drug-likeness (QED) is 0.432. The van der Waals surface area contributed by atoms with Crippen molar-refractivity contribution in [1.29, 1.82) is 0 Å². The van der Waals surface area contributed by atoms with E-state index in [4.69, 9.17) is 17.0 Å². The van der Waals surface area contributed by atoms with Gasteiger partial charge in [0, 0.05) is 30.0 Å². The van der Waals surface area contributed by atoms with Gasteiger partial charge >= 0.3 is 0 Å². The topological polar surface area (TPSA) is 55.2 Å². The van der Waals surface area contributed by atoms with Crippen LogP contribution in [0.4, 0.5) is 5.69 Å². The highest BCUT2D eigenvalue weighted by Crippen LogP contribution is 2.42. The summed E-state index contributed by atoms with van der Waals surface area (Å²) in [6, 6.07) is 23.8. The lowest BCUT2D eigenvalue weighted by molar-refractivity contribution is 0.340. The first-order valence-electron chi connectivity index (χ1n) is 10.6. The molecule has 4 heterocycles. The van der Waals surface area contributed by atoms with Gasteiger partial charge in [-0.25, -0.2) is 4.98 Å². The van der Waals surface area contributed by atoms with Gasteiger partial charge in [0.1, 0.15) is 17.6 Å². The fraction of sp³-hybridized carbons (Fsp3) is 0.160. The van der Waals surface area contributed by atoms with Crippen LogP contribution in [-0.2, 0) is 0 Å². The molecule has 0 radical (unpaired) electrons. The Kier molecular flexibility index (Phi) is 5.56. The van der Waals surface area contributed by atoms with E-state index in [0.717, 1.165) is 28.6 Å². The summed E-state index contributed by atoms with van der Waals surface area (Å²) in [6.07, 6.45) is 5.65. The minimum atomic E-state index is -0.118. The Morgan fingerprint density at radius 2 is 1.72 bits per heavy atom. The Morgan fingerprint density at radius 1 is 0.938 bits per heavy atom. The number of hydrogen-bond donors (Lipinski definition) is 1. The van der Waals surface area contributed by atoms with Crippen LogP contribution < -0.4 is 15.0 Å². The molecule has 1 N–H and O–H groups in total. The zero-order valence-electron chi connectivity index (χ0n) is 17.6. The molecule has 1 fully saturated rings. The maximum absolute atomic E-state index is 5.83.